The Morgan fingerprint density at radius 3 is 2.00 bits per heavy atom. The molecule has 3 aromatic carbocycles. The molecule has 0 amide bonds. The molecule has 0 spiro atoms. The third-order valence-corrected chi connectivity index (χ3v) is 4.17. The first-order chi connectivity index (χ1) is 8.58. The Bertz CT molecular complexity index is 764. The zero-order valence-electron chi connectivity index (χ0n) is 11.5. The Morgan fingerprint density at radius 1 is 0.556 bits per heavy atom. The molecule has 0 aliphatic carbocycles. The first-order valence-electron chi connectivity index (χ1n) is 6.48. The molecular formula is C18H18. The number of benzene rings is 3. The minimum atomic E-state index is 1.34. The summed E-state index contributed by atoms with van der Waals surface area (Å²) >= 11 is 0. The van der Waals surface area contributed by atoms with E-state index in [9.17, 15) is 0 Å². The van der Waals surface area contributed by atoms with Crippen LogP contribution in [0.2, 0.25) is 0 Å². The van der Waals surface area contributed by atoms with Crippen LogP contribution in [0.3, 0.4) is 0 Å². The lowest BCUT2D eigenvalue weighted by Crippen LogP contribution is -1.87. The number of hydrogen-bond acceptors (Lipinski definition) is 0. The predicted molar refractivity (Wildman–Crippen MR) is 80.4 cm³/mol. The van der Waals surface area contributed by atoms with Gasteiger partial charge in [0.05, 0.1) is 0 Å². The van der Waals surface area contributed by atoms with Gasteiger partial charge in [-0.2, -0.15) is 0 Å². The van der Waals surface area contributed by atoms with Crippen molar-refractivity contribution in [3.05, 3.63) is 58.7 Å². The maximum absolute atomic E-state index is 2.32. The van der Waals surface area contributed by atoms with E-state index < -0.39 is 0 Å². The summed E-state index contributed by atoms with van der Waals surface area (Å²) in [5.74, 6) is 0. The van der Waals surface area contributed by atoms with Crippen LogP contribution in [-0.2, 0) is 0 Å². The molecule has 0 unspecified atom stereocenters. The fourth-order valence-corrected chi connectivity index (χ4v) is 2.67. The molecule has 0 heterocycles. The Labute approximate surface area is 108 Å². The van der Waals surface area contributed by atoms with Crippen molar-refractivity contribution in [3.63, 3.8) is 0 Å². The van der Waals surface area contributed by atoms with Crippen LogP contribution in [0.15, 0.2) is 36.4 Å². The zero-order chi connectivity index (χ0) is 12.9. The smallest absolute Gasteiger partial charge is 0.0102 e. The Morgan fingerprint density at radius 2 is 1.22 bits per heavy atom. The van der Waals surface area contributed by atoms with Crippen LogP contribution in [0.4, 0.5) is 0 Å². The fraction of sp³-hybridized carbons (Fsp3) is 0.222. The zero-order valence-corrected chi connectivity index (χ0v) is 11.5. The average molecular weight is 234 g/mol. The Balaban J connectivity index is 2.54. The van der Waals surface area contributed by atoms with E-state index in [4.69, 9.17) is 0 Å². The van der Waals surface area contributed by atoms with Gasteiger partial charge >= 0.3 is 0 Å². The van der Waals surface area contributed by atoms with E-state index in [-0.39, 0.29) is 0 Å². The maximum atomic E-state index is 2.32. The highest BCUT2D eigenvalue weighted by atomic mass is 14.1. The monoisotopic (exact) mass is 234 g/mol. The van der Waals surface area contributed by atoms with Gasteiger partial charge in [-0.1, -0.05) is 36.4 Å². The summed E-state index contributed by atoms with van der Waals surface area (Å²) in [4.78, 5) is 0. The first-order valence-corrected chi connectivity index (χ1v) is 6.48. The van der Waals surface area contributed by atoms with Gasteiger partial charge in [0.15, 0.2) is 0 Å². The van der Waals surface area contributed by atoms with E-state index in [1.54, 1.807) is 0 Å². The van der Waals surface area contributed by atoms with Crippen LogP contribution in [0, 0.1) is 27.7 Å². The second kappa shape index (κ2) is 3.84. The molecule has 0 aliphatic heterocycles. The average Bonchev–Trinajstić information content (AvgIpc) is 2.35. The first kappa shape index (κ1) is 11.3. The van der Waals surface area contributed by atoms with Crippen molar-refractivity contribution in [1.29, 1.82) is 0 Å². The molecule has 0 saturated carbocycles. The molecule has 0 aliphatic rings. The highest BCUT2D eigenvalue weighted by Gasteiger charge is 2.05. The van der Waals surface area contributed by atoms with Crippen molar-refractivity contribution in [2.75, 3.05) is 0 Å². The fourth-order valence-electron chi connectivity index (χ4n) is 2.67. The highest BCUT2D eigenvalue weighted by Crippen LogP contribution is 2.30. The van der Waals surface area contributed by atoms with E-state index in [2.05, 4.69) is 64.1 Å². The van der Waals surface area contributed by atoms with Gasteiger partial charge in [0.25, 0.3) is 0 Å². The summed E-state index contributed by atoms with van der Waals surface area (Å²) in [5, 5.41) is 5.47. The van der Waals surface area contributed by atoms with Crippen LogP contribution >= 0.6 is 0 Å². The van der Waals surface area contributed by atoms with Gasteiger partial charge in [-0.05, 0) is 71.5 Å². The summed E-state index contributed by atoms with van der Waals surface area (Å²) in [6.45, 7) is 8.76. The summed E-state index contributed by atoms with van der Waals surface area (Å²) in [6.07, 6.45) is 0. The SMILES string of the molecule is Cc1cc2ccc3c(C)c(C)ccc3c2cc1C. The van der Waals surface area contributed by atoms with Gasteiger partial charge in [0.2, 0.25) is 0 Å². The molecule has 0 aromatic heterocycles. The van der Waals surface area contributed by atoms with Crippen molar-refractivity contribution >= 4 is 21.5 Å². The number of hydrogen-bond donors (Lipinski definition) is 0. The van der Waals surface area contributed by atoms with Gasteiger partial charge in [0, 0.05) is 0 Å². The molecule has 0 N–H and O–H groups in total. The van der Waals surface area contributed by atoms with Gasteiger partial charge in [0.1, 0.15) is 0 Å². The van der Waals surface area contributed by atoms with Crippen molar-refractivity contribution in [2.45, 2.75) is 27.7 Å². The molecule has 18 heavy (non-hydrogen) atoms. The third kappa shape index (κ3) is 1.53. The van der Waals surface area contributed by atoms with Gasteiger partial charge in [-0.25, -0.2) is 0 Å². The molecule has 0 heteroatoms. The molecule has 0 atom stereocenters. The topological polar surface area (TPSA) is 0 Å². The minimum absolute atomic E-state index is 1.34. The second-order valence-electron chi connectivity index (χ2n) is 5.33. The summed E-state index contributed by atoms with van der Waals surface area (Å²) in [7, 11) is 0. The lowest BCUT2D eigenvalue weighted by molar-refractivity contribution is 1.36. The number of rotatable bonds is 0. The summed E-state index contributed by atoms with van der Waals surface area (Å²) in [6, 6.07) is 13.6. The van der Waals surface area contributed by atoms with Crippen LogP contribution in [-0.4, -0.2) is 0 Å². The molecule has 3 rings (SSSR count). The molecule has 3 aromatic rings. The van der Waals surface area contributed by atoms with Crippen molar-refractivity contribution in [2.24, 2.45) is 0 Å². The summed E-state index contributed by atoms with van der Waals surface area (Å²) in [5.41, 5.74) is 5.50. The van der Waals surface area contributed by atoms with E-state index >= 15 is 0 Å². The molecule has 90 valence electrons. The molecule has 0 saturated heterocycles. The highest BCUT2D eigenvalue weighted by molar-refractivity contribution is 6.09. The van der Waals surface area contributed by atoms with Gasteiger partial charge in [-0.3, -0.25) is 0 Å². The largest absolute Gasteiger partial charge is 0.0584 e. The van der Waals surface area contributed by atoms with Gasteiger partial charge < -0.3 is 0 Å². The molecule has 0 bridgehead atoms. The van der Waals surface area contributed by atoms with Crippen molar-refractivity contribution in [3.8, 4) is 0 Å². The van der Waals surface area contributed by atoms with E-state index in [1.165, 1.54) is 43.8 Å². The van der Waals surface area contributed by atoms with E-state index in [1.807, 2.05) is 0 Å². The predicted octanol–water partition coefficient (Wildman–Crippen LogP) is 5.23. The summed E-state index contributed by atoms with van der Waals surface area (Å²) < 4.78 is 0. The van der Waals surface area contributed by atoms with Crippen LogP contribution in [0.1, 0.15) is 22.3 Å². The van der Waals surface area contributed by atoms with Crippen LogP contribution in [0.25, 0.3) is 21.5 Å². The van der Waals surface area contributed by atoms with E-state index in [0.717, 1.165) is 0 Å². The third-order valence-electron chi connectivity index (χ3n) is 4.17. The van der Waals surface area contributed by atoms with Crippen molar-refractivity contribution in [1.82, 2.24) is 0 Å². The Hall–Kier alpha value is -1.82. The number of aryl methyl sites for hydroxylation is 4. The van der Waals surface area contributed by atoms with Crippen molar-refractivity contribution < 1.29 is 0 Å². The van der Waals surface area contributed by atoms with Crippen LogP contribution < -0.4 is 0 Å². The number of fused-ring (bicyclic) bond motifs is 3. The molecule has 0 fully saturated rings. The van der Waals surface area contributed by atoms with Crippen LogP contribution in [0.5, 0.6) is 0 Å². The lowest BCUT2D eigenvalue weighted by Gasteiger charge is -2.10. The molecular weight excluding hydrogens is 216 g/mol. The second-order valence-corrected chi connectivity index (χ2v) is 5.33. The quantitative estimate of drug-likeness (QED) is 0.467. The minimum Gasteiger partial charge on any atom is -0.0584 e. The molecule has 0 radical (unpaired) electrons. The Kier molecular flexibility index (Phi) is 2.41. The normalized spacial score (nSPS) is 11.3. The lowest BCUT2D eigenvalue weighted by atomic mass is 9.94. The molecule has 0 nitrogen and oxygen atoms in total. The maximum Gasteiger partial charge on any atom is -0.0102 e. The van der Waals surface area contributed by atoms with Gasteiger partial charge in [-0.15, -0.1) is 0 Å². The standard InChI is InChI=1S/C18H18/c1-11-5-7-17-16(14(11)4)8-6-15-9-12(2)13(3)10-18(15)17/h5-10H,1-4H3. The van der Waals surface area contributed by atoms with E-state index in [0.29, 0.717) is 0 Å².